The van der Waals surface area contributed by atoms with E-state index in [1.54, 1.807) is 0 Å². The number of esters is 1. The Labute approximate surface area is 191 Å². The molecule has 0 amide bonds. The van der Waals surface area contributed by atoms with Crippen molar-refractivity contribution >= 4 is 11.8 Å². The van der Waals surface area contributed by atoms with E-state index in [9.17, 15) is 9.59 Å². The van der Waals surface area contributed by atoms with Crippen LogP contribution in [0.5, 0.6) is 0 Å². The summed E-state index contributed by atoms with van der Waals surface area (Å²) >= 11 is 0. The van der Waals surface area contributed by atoms with Crippen LogP contribution in [0.3, 0.4) is 0 Å². The van der Waals surface area contributed by atoms with Crippen LogP contribution < -0.4 is 0 Å². The predicted octanol–water partition coefficient (Wildman–Crippen LogP) is 5.19. The van der Waals surface area contributed by atoms with Gasteiger partial charge in [-0.05, 0) is 87.5 Å². The third-order valence-electron chi connectivity index (χ3n) is 11.0. The predicted molar refractivity (Wildman–Crippen MR) is 122 cm³/mol. The first-order valence-corrected chi connectivity index (χ1v) is 12.6. The Morgan fingerprint density at radius 3 is 2.56 bits per heavy atom. The molecule has 2 saturated carbocycles. The minimum absolute atomic E-state index is 0.0644. The SMILES string of the molecule is C=C1C(=O)O[C@H]2C[C@]1(C)OCC2C1CCC2C3CC=C4CC=CC(=O)[C@]4(C)C3CC[C@@]21C. The zero-order chi connectivity index (χ0) is 22.5. The van der Waals surface area contributed by atoms with E-state index in [0.717, 1.165) is 32.1 Å². The summed E-state index contributed by atoms with van der Waals surface area (Å²) in [5, 5.41) is 0. The lowest BCUT2D eigenvalue weighted by atomic mass is 9.47. The molecule has 4 fully saturated rings. The first kappa shape index (κ1) is 20.9. The maximum Gasteiger partial charge on any atom is 0.336 e. The summed E-state index contributed by atoms with van der Waals surface area (Å²) in [5.74, 6) is 2.46. The Kier molecular flexibility index (Phi) is 4.36. The minimum Gasteiger partial charge on any atom is -0.458 e. The summed E-state index contributed by atoms with van der Waals surface area (Å²) < 4.78 is 12.2. The van der Waals surface area contributed by atoms with Crippen molar-refractivity contribution in [1.82, 2.24) is 0 Å². The molecule has 0 radical (unpaired) electrons. The van der Waals surface area contributed by atoms with Gasteiger partial charge in [0.05, 0.1) is 17.6 Å². The minimum atomic E-state index is -0.568. The number of rotatable bonds is 1. The lowest BCUT2D eigenvalue weighted by molar-refractivity contribution is -0.200. The Balaban J connectivity index is 1.29. The van der Waals surface area contributed by atoms with Crippen molar-refractivity contribution < 1.29 is 19.1 Å². The molecule has 0 spiro atoms. The van der Waals surface area contributed by atoms with Crippen LogP contribution in [0, 0.1) is 40.4 Å². The molecule has 4 aliphatic carbocycles. The second-order valence-corrected chi connectivity index (χ2v) is 12.1. The quantitative estimate of drug-likeness (QED) is 0.323. The Hall–Kier alpha value is -1.68. The molecule has 2 aliphatic heterocycles. The monoisotopic (exact) mass is 436 g/mol. The van der Waals surface area contributed by atoms with Crippen LogP contribution in [0.15, 0.2) is 36.0 Å². The second-order valence-electron chi connectivity index (χ2n) is 12.1. The third-order valence-corrected chi connectivity index (χ3v) is 11.0. The van der Waals surface area contributed by atoms with Crippen LogP contribution in [-0.2, 0) is 19.1 Å². The summed E-state index contributed by atoms with van der Waals surface area (Å²) in [5.41, 5.74) is 1.18. The number of fused-ring (bicyclic) bond motifs is 7. The molecular formula is C28H36O4. The molecule has 0 aromatic rings. The molecule has 6 rings (SSSR count). The van der Waals surface area contributed by atoms with Gasteiger partial charge in [0.25, 0.3) is 0 Å². The van der Waals surface area contributed by atoms with E-state index < -0.39 is 5.60 Å². The molecule has 5 unspecified atom stereocenters. The van der Waals surface area contributed by atoms with Gasteiger partial charge in [-0.2, -0.15) is 0 Å². The van der Waals surface area contributed by atoms with Gasteiger partial charge in [-0.25, -0.2) is 4.79 Å². The van der Waals surface area contributed by atoms with E-state index in [4.69, 9.17) is 9.47 Å². The molecule has 6 aliphatic rings. The topological polar surface area (TPSA) is 52.6 Å². The molecule has 9 atom stereocenters. The maximum absolute atomic E-state index is 13.1. The van der Waals surface area contributed by atoms with Gasteiger partial charge in [0, 0.05) is 12.3 Å². The largest absolute Gasteiger partial charge is 0.458 e. The molecule has 4 nitrogen and oxygen atoms in total. The molecule has 0 aromatic carbocycles. The van der Waals surface area contributed by atoms with Crippen molar-refractivity contribution in [2.45, 2.75) is 77.4 Å². The summed E-state index contributed by atoms with van der Waals surface area (Å²) in [6.45, 7) is 11.3. The molecule has 0 N–H and O–H groups in total. The average Bonchev–Trinajstić information content (AvgIpc) is 3.10. The van der Waals surface area contributed by atoms with E-state index in [1.165, 1.54) is 18.4 Å². The van der Waals surface area contributed by atoms with Gasteiger partial charge >= 0.3 is 5.97 Å². The average molecular weight is 437 g/mol. The highest BCUT2D eigenvalue weighted by Gasteiger charge is 2.62. The molecule has 2 bridgehead atoms. The molecule has 32 heavy (non-hydrogen) atoms. The lowest BCUT2D eigenvalue weighted by Gasteiger charge is -2.57. The summed E-state index contributed by atoms with van der Waals surface area (Å²) in [6.07, 6.45) is 13.7. The van der Waals surface area contributed by atoms with Gasteiger partial charge in [0.15, 0.2) is 5.78 Å². The number of carbonyl (C=O) groups is 2. The van der Waals surface area contributed by atoms with Gasteiger partial charge in [-0.3, -0.25) is 4.79 Å². The van der Waals surface area contributed by atoms with Gasteiger partial charge in [-0.15, -0.1) is 0 Å². The fraction of sp³-hybridized carbons (Fsp3) is 0.714. The van der Waals surface area contributed by atoms with Crippen molar-refractivity contribution in [1.29, 1.82) is 0 Å². The van der Waals surface area contributed by atoms with Crippen LogP contribution in [-0.4, -0.2) is 30.1 Å². The third kappa shape index (κ3) is 2.53. The van der Waals surface area contributed by atoms with Crippen molar-refractivity contribution in [2.24, 2.45) is 40.4 Å². The molecular weight excluding hydrogens is 400 g/mol. The second kappa shape index (κ2) is 6.68. The van der Waals surface area contributed by atoms with Crippen molar-refractivity contribution in [3.8, 4) is 0 Å². The summed E-state index contributed by atoms with van der Waals surface area (Å²) in [6, 6.07) is 0. The smallest absolute Gasteiger partial charge is 0.336 e. The van der Waals surface area contributed by atoms with Crippen molar-refractivity contribution in [3.63, 3.8) is 0 Å². The van der Waals surface area contributed by atoms with Gasteiger partial charge in [0.1, 0.15) is 11.7 Å². The molecule has 2 heterocycles. The fourth-order valence-corrected chi connectivity index (χ4v) is 9.03. The van der Waals surface area contributed by atoms with Gasteiger partial charge in [0.2, 0.25) is 0 Å². The van der Waals surface area contributed by atoms with E-state index in [0.29, 0.717) is 41.6 Å². The Morgan fingerprint density at radius 2 is 1.78 bits per heavy atom. The fourth-order valence-electron chi connectivity index (χ4n) is 9.03. The highest BCUT2D eigenvalue weighted by atomic mass is 16.6. The first-order valence-electron chi connectivity index (χ1n) is 12.6. The highest BCUT2D eigenvalue weighted by Crippen LogP contribution is 2.67. The molecule has 4 heteroatoms. The molecule has 172 valence electrons. The first-order chi connectivity index (χ1) is 15.2. The zero-order valence-corrected chi connectivity index (χ0v) is 19.7. The molecule has 0 aromatic heterocycles. The van der Waals surface area contributed by atoms with Crippen LogP contribution in [0.4, 0.5) is 0 Å². The van der Waals surface area contributed by atoms with E-state index in [-0.39, 0.29) is 28.8 Å². The lowest BCUT2D eigenvalue weighted by Crippen LogP contribution is -2.57. The number of ether oxygens (including phenoxy) is 2. The van der Waals surface area contributed by atoms with Gasteiger partial charge < -0.3 is 9.47 Å². The number of ketones is 1. The van der Waals surface area contributed by atoms with Crippen LogP contribution in [0.2, 0.25) is 0 Å². The maximum atomic E-state index is 13.1. The van der Waals surface area contributed by atoms with Crippen LogP contribution in [0.1, 0.15) is 65.7 Å². The zero-order valence-electron chi connectivity index (χ0n) is 19.7. The summed E-state index contributed by atoms with van der Waals surface area (Å²) in [7, 11) is 0. The number of hydrogen-bond acceptors (Lipinski definition) is 4. The standard InChI is InChI=1S/C28H36O4/c1-16-25(30)32-23-14-27(16,3)31-15-19(23)21-11-10-20-18-9-8-17-6-5-7-24(29)28(17,4)22(18)12-13-26(20,21)2/h5,7-8,18-23H,1,6,9-15H2,2-4H3/t18?,19?,20?,21?,22?,23-,26-,27-,28-/m0/s1. The van der Waals surface area contributed by atoms with Crippen LogP contribution in [0.25, 0.3) is 0 Å². The van der Waals surface area contributed by atoms with E-state index in [1.807, 2.05) is 19.1 Å². The van der Waals surface area contributed by atoms with Crippen molar-refractivity contribution in [2.75, 3.05) is 6.61 Å². The number of allylic oxidation sites excluding steroid dienone is 4. The number of hydrogen-bond donors (Lipinski definition) is 0. The highest BCUT2D eigenvalue weighted by molar-refractivity contribution is 5.98. The van der Waals surface area contributed by atoms with Crippen molar-refractivity contribution in [3.05, 3.63) is 36.0 Å². The van der Waals surface area contributed by atoms with E-state index in [2.05, 4.69) is 26.5 Å². The Morgan fingerprint density at radius 1 is 1.03 bits per heavy atom. The summed E-state index contributed by atoms with van der Waals surface area (Å²) in [4.78, 5) is 25.6. The number of carbonyl (C=O) groups excluding carboxylic acids is 2. The molecule has 2 saturated heterocycles. The van der Waals surface area contributed by atoms with E-state index >= 15 is 0 Å². The Bertz CT molecular complexity index is 960. The van der Waals surface area contributed by atoms with Crippen LogP contribution >= 0.6 is 0 Å². The van der Waals surface area contributed by atoms with Gasteiger partial charge in [-0.1, -0.05) is 31.2 Å². The normalized spacial score (nSPS) is 52.0.